The van der Waals surface area contributed by atoms with Crippen LogP contribution < -0.4 is 10.2 Å². The quantitative estimate of drug-likeness (QED) is 0.757. The van der Waals surface area contributed by atoms with Gasteiger partial charge in [-0.2, -0.15) is 0 Å². The van der Waals surface area contributed by atoms with Gasteiger partial charge in [0.25, 0.3) is 0 Å². The largest absolute Gasteiger partial charge is 0.478 e. The van der Waals surface area contributed by atoms with E-state index in [9.17, 15) is 14.7 Å². The van der Waals surface area contributed by atoms with Crippen LogP contribution in [0.15, 0.2) is 24.3 Å². The van der Waals surface area contributed by atoms with Gasteiger partial charge in [-0.3, -0.25) is 9.69 Å². The molecule has 0 spiro atoms. The Morgan fingerprint density at radius 3 is 2.53 bits per heavy atom. The normalized spacial score (nSPS) is 18.1. The van der Waals surface area contributed by atoms with E-state index in [-0.39, 0.29) is 17.4 Å². The Morgan fingerprint density at radius 1 is 1.13 bits per heavy atom. The van der Waals surface area contributed by atoms with Crippen LogP contribution in [0.1, 0.15) is 49.4 Å². The van der Waals surface area contributed by atoms with Gasteiger partial charge in [0.05, 0.1) is 11.1 Å². The van der Waals surface area contributed by atoms with Crippen molar-refractivity contribution in [3.63, 3.8) is 0 Å². The molecule has 1 aliphatic heterocycles. The van der Waals surface area contributed by atoms with Gasteiger partial charge in [0.1, 0.15) is 5.82 Å². The molecule has 2 heterocycles. The van der Waals surface area contributed by atoms with Crippen molar-refractivity contribution in [1.82, 2.24) is 9.88 Å². The number of amides is 1. The Hall–Kier alpha value is -2.67. The number of piperazine rings is 1. The molecule has 7 nitrogen and oxygen atoms in total. The Labute approximate surface area is 177 Å². The van der Waals surface area contributed by atoms with E-state index < -0.39 is 5.97 Å². The molecule has 0 atom stereocenters. The van der Waals surface area contributed by atoms with Gasteiger partial charge < -0.3 is 15.3 Å². The summed E-state index contributed by atoms with van der Waals surface area (Å²) in [6, 6.07) is 7.03. The Bertz CT molecular complexity index is 931. The molecule has 1 amide bonds. The summed E-state index contributed by atoms with van der Waals surface area (Å²) >= 11 is 0. The van der Waals surface area contributed by atoms with Gasteiger partial charge in [0.2, 0.25) is 5.91 Å². The zero-order chi connectivity index (χ0) is 21.1. The summed E-state index contributed by atoms with van der Waals surface area (Å²) in [4.78, 5) is 33.8. The Balaban J connectivity index is 1.58. The molecule has 0 radical (unpaired) electrons. The Kier molecular flexibility index (Phi) is 6.18. The molecule has 30 heavy (non-hydrogen) atoms. The van der Waals surface area contributed by atoms with Gasteiger partial charge in [-0.1, -0.05) is 19.8 Å². The number of aromatic nitrogens is 1. The first-order valence-electron chi connectivity index (χ1n) is 11.0. The number of nitrogens with zero attached hydrogens (tertiary/aromatic N) is 3. The summed E-state index contributed by atoms with van der Waals surface area (Å²) in [5, 5.41) is 13.3. The lowest BCUT2D eigenvalue weighted by molar-refractivity contribution is -0.119. The maximum absolute atomic E-state index is 12.4. The van der Waals surface area contributed by atoms with Crippen molar-refractivity contribution in [2.45, 2.75) is 39.0 Å². The minimum atomic E-state index is -0.979. The summed E-state index contributed by atoms with van der Waals surface area (Å²) in [6.07, 6.45) is 5.18. The molecule has 2 fully saturated rings. The van der Waals surface area contributed by atoms with Crippen LogP contribution in [0.3, 0.4) is 0 Å². The van der Waals surface area contributed by atoms with E-state index in [1.165, 1.54) is 0 Å². The fourth-order valence-corrected chi connectivity index (χ4v) is 4.58. The molecule has 7 heteroatoms. The highest BCUT2D eigenvalue weighted by Crippen LogP contribution is 2.29. The van der Waals surface area contributed by atoms with Gasteiger partial charge in [0.15, 0.2) is 0 Å². The number of nitrogens with one attached hydrogen (secondary N) is 1. The van der Waals surface area contributed by atoms with Crippen LogP contribution in [0.2, 0.25) is 0 Å². The third-order valence-electron chi connectivity index (χ3n) is 6.26. The minimum absolute atomic E-state index is 0.0262. The first-order valence-corrected chi connectivity index (χ1v) is 11.0. The molecule has 1 aromatic heterocycles. The van der Waals surface area contributed by atoms with E-state index in [2.05, 4.69) is 22.0 Å². The van der Waals surface area contributed by atoms with Crippen molar-refractivity contribution in [2.24, 2.45) is 5.92 Å². The monoisotopic (exact) mass is 410 g/mol. The van der Waals surface area contributed by atoms with Crippen molar-refractivity contribution in [3.05, 3.63) is 29.8 Å². The predicted octanol–water partition coefficient (Wildman–Crippen LogP) is 3.59. The van der Waals surface area contributed by atoms with E-state index in [0.29, 0.717) is 22.4 Å². The number of aromatic carboxylic acids is 1. The van der Waals surface area contributed by atoms with Crippen molar-refractivity contribution < 1.29 is 14.7 Å². The van der Waals surface area contributed by atoms with Crippen LogP contribution in [-0.4, -0.2) is 59.6 Å². The number of pyridine rings is 1. The summed E-state index contributed by atoms with van der Waals surface area (Å²) in [6.45, 7) is 6.87. The number of fused-ring (bicyclic) bond motifs is 1. The number of rotatable bonds is 6. The maximum Gasteiger partial charge on any atom is 0.336 e. The lowest BCUT2D eigenvalue weighted by Crippen LogP contribution is -2.46. The van der Waals surface area contributed by atoms with Crippen LogP contribution in [0.25, 0.3) is 10.9 Å². The SMILES string of the molecule is CCCN1CCN(c2cc(C(=O)O)c3cc(NC(=O)C4CCCC4)ccc3n2)CC1. The topological polar surface area (TPSA) is 85.8 Å². The third kappa shape index (κ3) is 4.41. The predicted molar refractivity (Wildman–Crippen MR) is 118 cm³/mol. The molecule has 4 rings (SSSR count). The van der Waals surface area contributed by atoms with E-state index in [1.807, 2.05) is 12.1 Å². The molecular formula is C23H30N4O3. The van der Waals surface area contributed by atoms with Crippen molar-refractivity contribution in [2.75, 3.05) is 42.9 Å². The van der Waals surface area contributed by atoms with Crippen LogP contribution in [0, 0.1) is 5.92 Å². The second kappa shape index (κ2) is 9.00. The minimum Gasteiger partial charge on any atom is -0.478 e. The first-order chi connectivity index (χ1) is 14.5. The molecule has 1 aromatic carbocycles. The zero-order valence-corrected chi connectivity index (χ0v) is 17.6. The third-order valence-corrected chi connectivity index (χ3v) is 6.26. The van der Waals surface area contributed by atoms with E-state index >= 15 is 0 Å². The number of hydrogen-bond donors (Lipinski definition) is 2. The number of benzene rings is 1. The molecule has 160 valence electrons. The van der Waals surface area contributed by atoms with Crippen molar-refractivity contribution in [1.29, 1.82) is 0 Å². The molecule has 1 saturated carbocycles. The average Bonchev–Trinajstić information content (AvgIpc) is 3.29. The number of carbonyl (C=O) groups is 2. The molecule has 0 bridgehead atoms. The van der Waals surface area contributed by atoms with Gasteiger partial charge in [-0.15, -0.1) is 0 Å². The second-order valence-electron chi connectivity index (χ2n) is 8.36. The van der Waals surface area contributed by atoms with Gasteiger partial charge >= 0.3 is 5.97 Å². The van der Waals surface area contributed by atoms with E-state index in [0.717, 1.165) is 64.8 Å². The molecule has 1 saturated heterocycles. The molecule has 2 N–H and O–H groups in total. The number of carboxylic acid groups (broad SMARTS) is 1. The van der Waals surface area contributed by atoms with Gasteiger partial charge in [0, 0.05) is 43.2 Å². The number of carboxylic acids is 1. The Morgan fingerprint density at radius 2 is 1.87 bits per heavy atom. The highest BCUT2D eigenvalue weighted by Gasteiger charge is 2.24. The van der Waals surface area contributed by atoms with Crippen LogP contribution in [0.5, 0.6) is 0 Å². The number of anilines is 2. The molecule has 0 unspecified atom stereocenters. The number of hydrogen-bond acceptors (Lipinski definition) is 5. The van der Waals surface area contributed by atoms with Crippen LogP contribution in [0.4, 0.5) is 11.5 Å². The standard InChI is InChI=1S/C23H30N4O3/c1-2-9-26-10-12-27(13-11-26)21-15-19(23(29)30)18-14-17(7-8-20(18)25-21)24-22(28)16-5-3-4-6-16/h7-8,14-16H,2-6,9-13H2,1H3,(H,24,28)(H,29,30). The van der Waals surface area contributed by atoms with Gasteiger partial charge in [-0.05, 0) is 50.1 Å². The maximum atomic E-state index is 12.4. The molecular weight excluding hydrogens is 380 g/mol. The summed E-state index contributed by atoms with van der Waals surface area (Å²) in [5.74, 6) is -0.184. The highest BCUT2D eigenvalue weighted by atomic mass is 16.4. The number of carbonyl (C=O) groups excluding carboxylic acids is 1. The summed E-state index contributed by atoms with van der Waals surface area (Å²) in [5.41, 5.74) is 1.49. The molecule has 1 aliphatic carbocycles. The van der Waals surface area contributed by atoms with Crippen molar-refractivity contribution in [3.8, 4) is 0 Å². The summed E-state index contributed by atoms with van der Waals surface area (Å²) < 4.78 is 0. The zero-order valence-electron chi connectivity index (χ0n) is 17.6. The second-order valence-corrected chi connectivity index (χ2v) is 8.36. The lowest BCUT2D eigenvalue weighted by Gasteiger charge is -2.35. The van der Waals surface area contributed by atoms with E-state index in [1.54, 1.807) is 12.1 Å². The average molecular weight is 411 g/mol. The summed E-state index contributed by atoms with van der Waals surface area (Å²) in [7, 11) is 0. The van der Waals surface area contributed by atoms with E-state index in [4.69, 9.17) is 4.98 Å². The molecule has 2 aromatic rings. The fourth-order valence-electron chi connectivity index (χ4n) is 4.58. The van der Waals surface area contributed by atoms with Gasteiger partial charge in [-0.25, -0.2) is 9.78 Å². The highest BCUT2D eigenvalue weighted by molar-refractivity contribution is 6.05. The van der Waals surface area contributed by atoms with Crippen LogP contribution >= 0.6 is 0 Å². The molecule has 2 aliphatic rings. The fraction of sp³-hybridized carbons (Fsp3) is 0.522. The van der Waals surface area contributed by atoms with Crippen LogP contribution in [-0.2, 0) is 4.79 Å². The smallest absolute Gasteiger partial charge is 0.336 e. The first kappa shape index (κ1) is 20.6. The van der Waals surface area contributed by atoms with Crippen molar-refractivity contribution >= 4 is 34.3 Å². The lowest BCUT2D eigenvalue weighted by atomic mass is 10.1.